The van der Waals surface area contributed by atoms with Gasteiger partial charge >= 0.3 is 5.97 Å². The third-order valence-corrected chi connectivity index (χ3v) is 2.21. The molecule has 2 aromatic rings. The molecule has 2 rings (SSSR count). The van der Waals surface area contributed by atoms with Crippen LogP contribution in [0.4, 0.5) is 0 Å². The van der Waals surface area contributed by atoms with E-state index in [0.717, 1.165) is 5.56 Å². The summed E-state index contributed by atoms with van der Waals surface area (Å²) in [5.41, 5.74) is 1.15. The SMILES string of the molecule is Cc1ccc(Oc2ccc(C(=O)O)nc2)cc1. The average Bonchev–Trinajstić information content (AvgIpc) is 2.33. The van der Waals surface area contributed by atoms with E-state index in [9.17, 15) is 4.79 Å². The van der Waals surface area contributed by atoms with E-state index in [2.05, 4.69) is 4.98 Å². The maximum Gasteiger partial charge on any atom is 0.354 e. The molecule has 1 heterocycles. The molecule has 86 valence electrons. The van der Waals surface area contributed by atoms with Crippen LogP contribution in [0.25, 0.3) is 0 Å². The Morgan fingerprint density at radius 3 is 2.29 bits per heavy atom. The number of aromatic carboxylic acids is 1. The van der Waals surface area contributed by atoms with Gasteiger partial charge in [-0.2, -0.15) is 0 Å². The second kappa shape index (κ2) is 4.65. The van der Waals surface area contributed by atoms with Crippen molar-refractivity contribution in [1.82, 2.24) is 4.98 Å². The van der Waals surface area contributed by atoms with Gasteiger partial charge in [0, 0.05) is 0 Å². The highest BCUT2D eigenvalue weighted by atomic mass is 16.5. The molecular weight excluding hydrogens is 218 g/mol. The number of carboxylic acid groups (broad SMARTS) is 1. The second-order valence-corrected chi connectivity index (χ2v) is 3.60. The van der Waals surface area contributed by atoms with E-state index >= 15 is 0 Å². The Hall–Kier alpha value is -2.36. The topological polar surface area (TPSA) is 59.4 Å². The number of benzene rings is 1. The van der Waals surface area contributed by atoms with Crippen molar-refractivity contribution in [2.45, 2.75) is 6.92 Å². The zero-order valence-corrected chi connectivity index (χ0v) is 9.25. The van der Waals surface area contributed by atoms with Crippen molar-refractivity contribution in [3.8, 4) is 11.5 Å². The number of ether oxygens (including phenoxy) is 1. The van der Waals surface area contributed by atoms with Crippen molar-refractivity contribution < 1.29 is 14.6 Å². The van der Waals surface area contributed by atoms with Gasteiger partial charge in [0.05, 0.1) is 6.20 Å². The Bertz CT molecular complexity index is 517. The largest absolute Gasteiger partial charge is 0.477 e. The van der Waals surface area contributed by atoms with Gasteiger partial charge in [0.1, 0.15) is 17.2 Å². The van der Waals surface area contributed by atoms with Crippen LogP contribution in [0.1, 0.15) is 16.1 Å². The first-order valence-corrected chi connectivity index (χ1v) is 5.09. The van der Waals surface area contributed by atoms with Crippen LogP contribution in [0, 0.1) is 6.92 Å². The quantitative estimate of drug-likeness (QED) is 0.879. The van der Waals surface area contributed by atoms with Crippen molar-refractivity contribution in [2.75, 3.05) is 0 Å². The molecule has 4 heteroatoms. The molecule has 0 aliphatic carbocycles. The Labute approximate surface area is 98.5 Å². The van der Waals surface area contributed by atoms with E-state index < -0.39 is 5.97 Å². The lowest BCUT2D eigenvalue weighted by Crippen LogP contribution is -1.99. The van der Waals surface area contributed by atoms with E-state index in [1.54, 1.807) is 6.07 Å². The molecule has 0 bridgehead atoms. The van der Waals surface area contributed by atoms with E-state index in [1.807, 2.05) is 31.2 Å². The van der Waals surface area contributed by atoms with Crippen LogP contribution in [0.3, 0.4) is 0 Å². The van der Waals surface area contributed by atoms with Gasteiger partial charge in [-0.15, -0.1) is 0 Å². The van der Waals surface area contributed by atoms with E-state index in [1.165, 1.54) is 12.3 Å². The molecule has 17 heavy (non-hydrogen) atoms. The van der Waals surface area contributed by atoms with Crippen LogP contribution in [0.2, 0.25) is 0 Å². The molecule has 0 unspecified atom stereocenters. The predicted molar refractivity (Wildman–Crippen MR) is 62.4 cm³/mol. The minimum Gasteiger partial charge on any atom is -0.477 e. The zero-order chi connectivity index (χ0) is 12.3. The molecule has 0 saturated carbocycles. The van der Waals surface area contributed by atoms with Crippen molar-refractivity contribution in [3.63, 3.8) is 0 Å². The number of aryl methyl sites for hydroxylation is 1. The van der Waals surface area contributed by atoms with Crippen molar-refractivity contribution in [2.24, 2.45) is 0 Å². The summed E-state index contributed by atoms with van der Waals surface area (Å²) in [5.74, 6) is 0.159. The Morgan fingerprint density at radius 1 is 1.12 bits per heavy atom. The monoisotopic (exact) mass is 229 g/mol. The smallest absolute Gasteiger partial charge is 0.354 e. The van der Waals surface area contributed by atoms with Crippen molar-refractivity contribution in [1.29, 1.82) is 0 Å². The second-order valence-electron chi connectivity index (χ2n) is 3.60. The predicted octanol–water partition coefficient (Wildman–Crippen LogP) is 2.88. The normalized spacial score (nSPS) is 9.94. The first kappa shape index (κ1) is 11.1. The number of hydrogen-bond donors (Lipinski definition) is 1. The van der Waals surface area contributed by atoms with E-state index in [0.29, 0.717) is 11.5 Å². The van der Waals surface area contributed by atoms with Gasteiger partial charge in [-0.1, -0.05) is 17.7 Å². The maximum atomic E-state index is 10.6. The molecule has 1 aromatic heterocycles. The fourth-order valence-electron chi connectivity index (χ4n) is 1.31. The summed E-state index contributed by atoms with van der Waals surface area (Å²) >= 11 is 0. The Morgan fingerprint density at radius 2 is 1.76 bits per heavy atom. The zero-order valence-electron chi connectivity index (χ0n) is 9.25. The number of aromatic nitrogens is 1. The summed E-state index contributed by atoms with van der Waals surface area (Å²) in [4.78, 5) is 14.4. The molecule has 1 aromatic carbocycles. The standard InChI is InChI=1S/C13H11NO3/c1-9-2-4-10(5-3-9)17-11-6-7-12(13(15)16)14-8-11/h2-8H,1H3,(H,15,16). The third-order valence-electron chi connectivity index (χ3n) is 2.21. The summed E-state index contributed by atoms with van der Waals surface area (Å²) in [6.07, 6.45) is 1.39. The van der Waals surface area contributed by atoms with Crippen LogP contribution >= 0.6 is 0 Å². The first-order chi connectivity index (χ1) is 8.15. The van der Waals surface area contributed by atoms with Gasteiger partial charge in [-0.3, -0.25) is 0 Å². The van der Waals surface area contributed by atoms with Crippen LogP contribution in [-0.2, 0) is 0 Å². The molecule has 0 atom stereocenters. The lowest BCUT2D eigenvalue weighted by molar-refractivity contribution is 0.0690. The molecule has 0 fully saturated rings. The van der Waals surface area contributed by atoms with Crippen LogP contribution < -0.4 is 4.74 Å². The fraction of sp³-hybridized carbons (Fsp3) is 0.0769. The first-order valence-electron chi connectivity index (χ1n) is 5.09. The molecule has 4 nitrogen and oxygen atoms in total. The minimum absolute atomic E-state index is 0.00116. The molecule has 0 aliphatic rings. The lowest BCUT2D eigenvalue weighted by Gasteiger charge is -2.05. The molecule has 0 aliphatic heterocycles. The van der Waals surface area contributed by atoms with Crippen molar-refractivity contribution >= 4 is 5.97 Å². The number of hydrogen-bond acceptors (Lipinski definition) is 3. The van der Waals surface area contributed by atoms with Gasteiger partial charge in [-0.05, 0) is 31.2 Å². The number of rotatable bonds is 3. The van der Waals surface area contributed by atoms with E-state index in [-0.39, 0.29) is 5.69 Å². The summed E-state index contributed by atoms with van der Waals surface area (Å²) in [6, 6.07) is 10.6. The van der Waals surface area contributed by atoms with Crippen LogP contribution in [-0.4, -0.2) is 16.1 Å². The highest BCUT2D eigenvalue weighted by Gasteiger charge is 2.04. The highest BCUT2D eigenvalue weighted by molar-refractivity contribution is 5.85. The molecular formula is C13H11NO3. The molecule has 1 N–H and O–H groups in total. The van der Waals surface area contributed by atoms with Gasteiger partial charge in [0.15, 0.2) is 0 Å². The van der Waals surface area contributed by atoms with E-state index in [4.69, 9.17) is 9.84 Å². The average molecular weight is 229 g/mol. The third kappa shape index (κ3) is 2.81. The highest BCUT2D eigenvalue weighted by Crippen LogP contribution is 2.20. The van der Waals surface area contributed by atoms with Gasteiger partial charge in [-0.25, -0.2) is 9.78 Å². The molecule has 0 amide bonds. The number of pyridine rings is 1. The molecule has 0 saturated heterocycles. The summed E-state index contributed by atoms with van der Waals surface area (Å²) in [5, 5.41) is 8.69. The summed E-state index contributed by atoms with van der Waals surface area (Å²) in [6.45, 7) is 1.99. The number of nitrogens with zero attached hydrogens (tertiary/aromatic N) is 1. The van der Waals surface area contributed by atoms with Gasteiger partial charge in [0.2, 0.25) is 0 Å². The van der Waals surface area contributed by atoms with Crippen LogP contribution in [0.5, 0.6) is 11.5 Å². The minimum atomic E-state index is -1.05. The molecule has 0 spiro atoms. The number of carbonyl (C=O) groups is 1. The molecule has 0 radical (unpaired) electrons. The van der Waals surface area contributed by atoms with Gasteiger partial charge < -0.3 is 9.84 Å². The summed E-state index contributed by atoms with van der Waals surface area (Å²) in [7, 11) is 0. The Balaban J connectivity index is 2.13. The van der Waals surface area contributed by atoms with Gasteiger partial charge in [0.25, 0.3) is 0 Å². The maximum absolute atomic E-state index is 10.6. The lowest BCUT2D eigenvalue weighted by atomic mass is 10.2. The fourth-order valence-corrected chi connectivity index (χ4v) is 1.31. The Kier molecular flexibility index (Phi) is 3.05. The summed E-state index contributed by atoms with van der Waals surface area (Å²) < 4.78 is 5.51. The number of carboxylic acids is 1. The van der Waals surface area contributed by atoms with Crippen molar-refractivity contribution in [3.05, 3.63) is 53.9 Å². The van der Waals surface area contributed by atoms with Crippen LogP contribution in [0.15, 0.2) is 42.6 Å².